The molecule has 1 fully saturated rings. The van der Waals surface area contributed by atoms with Gasteiger partial charge in [0.2, 0.25) is 0 Å². The van der Waals surface area contributed by atoms with Crippen LogP contribution in [0.1, 0.15) is 29.2 Å². The fourth-order valence-electron chi connectivity index (χ4n) is 4.92. The number of fused-ring (bicyclic) bond motifs is 1. The maximum absolute atomic E-state index is 13.6. The molecule has 0 aliphatic carbocycles. The van der Waals surface area contributed by atoms with E-state index in [1.54, 1.807) is 12.1 Å². The molecular weight excluding hydrogens is 410 g/mol. The van der Waals surface area contributed by atoms with Gasteiger partial charge in [-0.2, -0.15) is 13.2 Å². The lowest BCUT2D eigenvalue weighted by Crippen LogP contribution is -2.45. The molecule has 0 saturated carbocycles. The lowest BCUT2D eigenvalue weighted by Gasteiger charge is -2.39. The Bertz CT molecular complexity index is 991. The number of aliphatic imine (C=N–C) groups is 1. The molecule has 31 heavy (non-hydrogen) atoms. The number of nitrogens with zero attached hydrogens (tertiary/aromatic N) is 3. The van der Waals surface area contributed by atoms with E-state index in [2.05, 4.69) is 22.0 Å². The first-order chi connectivity index (χ1) is 14.8. The minimum absolute atomic E-state index is 0.188. The number of rotatable bonds is 2. The summed E-state index contributed by atoms with van der Waals surface area (Å²) in [5, 5.41) is 0. The van der Waals surface area contributed by atoms with Gasteiger partial charge in [-0.05, 0) is 35.2 Å². The fourth-order valence-corrected chi connectivity index (χ4v) is 4.92. The van der Waals surface area contributed by atoms with Crippen molar-refractivity contribution in [3.8, 4) is 0 Å². The van der Waals surface area contributed by atoms with E-state index in [9.17, 15) is 17.6 Å². The molecule has 0 bridgehead atoms. The summed E-state index contributed by atoms with van der Waals surface area (Å²) in [6.45, 7) is 0.644. The van der Waals surface area contributed by atoms with Crippen LogP contribution in [0.3, 0.4) is 0 Å². The van der Waals surface area contributed by atoms with Gasteiger partial charge in [0.05, 0.1) is 19.1 Å². The van der Waals surface area contributed by atoms with Crippen LogP contribution in [0.4, 0.5) is 17.6 Å². The fraction of sp³-hybridized carbons (Fsp3) is 0.435. The highest BCUT2D eigenvalue weighted by molar-refractivity contribution is 5.78. The molecular formula is C23H23F4N3O. The van der Waals surface area contributed by atoms with Crippen LogP contribution in [-0.4, -0.2) is 60.3 Å². The summed E-state index contributed by atoms with van der Waals surface area (Å²) in [4.78, 5) is 8.09. The molecule has 2 aromatic rings. The topological polar surface area (TPSA) is 28.1 Å². The van der Waals surface area contributed by atoms with E-state index < -0.39 is 18.3 Å². The summed E-state index contributed by atoms with van der Waals surface area (Å²) in [6.07, 6.45) is -2.90. The van der Waals surface area contributed by atoms with Crippen LogP contribution in [0.15, 0.2) is 53.5 Å². The van der Waals surface area contributed by atoms with E-state index in [4.69, 9.17) is 4.74 Å². The van der Waals surface area contributed by atoms with Gasteiger partial charge in [-0.3, -0.25) is 4.90 Å². The molecule has 8 heteroatoms. The Morgan fingerprint density at radius 3 is 2.61 bits per heavy atom. The van der Waals surface area contributed by atoms with Crippen molar-refractivity contribution in [2.75, 3.05) is 32.7 Å². The summed E-state index contributed by atoms with van der Waals surface area (Å²) in [6, 6.07) is 14.8. The first-order valence-electron chi connectivity index (χ1n) is 10.4. The first kappa shape index (κ1) is 20.3. The third-order valence-corrected chi connectivity index (χ3v) is 6.32. The molecule has 5 rings (SSSR count). The molecule has 2 aromatic carbocycles. The standard InChI is InChI=1S/C23H23F4N3O/c24-18-7-5-17(6-8-18)20-19-4-2-1-3-16(19)9-11-30(20)21-28-13-22(31-21)10-12-29(14-22)15-23(25,26)27/h1-8,20H,9-15H2/t20-,22+/m0/s1. The Kier molecular flexibility index (Phi) is 4.92. The summed E-state index contributed by atoms with van der Waals surface area (Å²) < 4.78 is 58.3. The van der Waals surface area contributed by atoms with Crippen LogP contribution < -0.4 is 0 Å². The maximum atomic E-state index is 13.6. The van der Waals surface area contributed by atoms with Gasteiger partial charge in [0.1, 0.15) is 11.4 Å². The van der Waals surface area contributed by atoms with Crippen LogP contribution >= 0.6 is 0 Å². The summed E-state index contributed by atoms with van der Waals surface area (Å²) in [5.74, 6) is -0.302. The minimum atomic E-state index is -4.22. The Morgan fingerprint density at radius 1 is 1.06 bits per heavy atom. The number of ether oxygens (including phenoxy) is 1. The summed E-state index contributed by atoms with van der Waals surface area (Å²) in [5.41, 5.74) is 2.55. The number of hydrogen-bond donors (Lipinski definition) is 0. The lowest BCUT2D eigenvalue weighted by atomic mass is 9.88. The molecule has 0 radical (unpaired) electrons. The Balaban J connectivity index is 1.40. The molecule has 1 spiro atoms. The van der Waals surface area contributed by atoms with Crippen molar-refractivity contribution in [3.63, 3.8) is 0 Å². The summed E-state index contributed by atoms with van der Waals surface area (Å²) in [7, 11) is 0. The quantitative estimate of drug-likeness (QED) is 0.666. The van der Waals surface area contributed by atoms with Crippen molar-refractivity contribution in [3.05, 3.63) is 71.0 Å². The predicted molar refractivity (Wildman–Crippen MR) is 108 cm³/mol. The highest BCUT2D eigenvalue weighted by Gasteiger charge is 2.48. The van der Waals surface area contributed by atoms with Gasteiger partial charge in [-0.1, -0.05) is 36.4 Å². The number of likely N-dealkylation sites (tertiary alicyclic amines) is 1. The van der Waals surface area contributed by atoms with Crippen molar-refractivity contribution >= 4 is 6.02 Å². The van der Waals surface area contributed by atoms with Crippen LogP contribution in [-0.2, 0) is 11.2 Å². The van der Waals surface area contributed by atoms with E-state index in [0.29, 0.717) is 32.1 Å². The molecule has 2 atom stereocenters. The van der Waals surface area contributed by atoms with Gasteiger partial charge in [-0.15, -0.1) is 0 Å². The molecule has 0 N–H and O–H groups in total. The minimum Gasteiger partial charge on any atom is -0.455 e. The van der Waals surface area contributed by atoms with Crippen molar-refractivity contribution in [1.82, 2.24) is 9.80 Å². The molecule has 0 amide bonds. The maximum Gasteiger partial charge on any atom is 0.401 e. The van der Waals surface area contributed by atoms with Gasteiger partial charge in [0.15, 0.2) is 0 Å². The second kappa shape index (κ2) is 7.51. The number of halogens is 4. The van der Waals surface area contributed by atoms with E-state index >= 15 is 0 Å². The first-order valence-corrected chi connectivity index (χ1v) is 10.4. The van der Waals surface area contributed by atoms with Gasteiger partial charge in [0, 0.05) is 26.1 Å². The molecule has 164 valence electrons. The number of amidine groups is 1. The average Bonchev–Trinajstić information content (AvgIpc) is 3.33. The number of hydrogen-bond acceptors (Lipinski definition) is 4. The lowest BCUT2D eigenvalue weighted by molar-refractivity contribution is -0.144. The Morgan fingerprint density at radius 2 is 1.84 bits per heavy atom. The van der Waals surface area contributed by atoms with Crippen molar-refractivity contribution in [2.45, 2.75) is 30.7 Å². The van der Waals surface area contributed by atoms with Crippen LogP contribution in [0.5, 0.6) is 0 Å². The van der Waals surface area contributed by atoms with E-state index in [1.807, 2.05) is 12.1 Å². The molecule has 3 aliphatic heterocycles. The van der Waals surface area contributed by atoms with Crippen molar-refractivity contribution < 1.29 is 22.3 Å². The third-order valence-electron chi connectivity index (χ3n) is 6.32. The van der Waals surface area contributed by atoms with Gasteiger partial charge in [0.25, 0.3) is 6.02 Å². The summed E-state index contributed by atoms with van der Waals surface area (Å²) >= 11 is 0. The monoisotopic (exact) mass is 433 g/mol. The number of benzene rings is 2. The molecule has 3 heterocycles. The highest BCUT2D eigenvalue weighted by atomic mass is 19.4. The zero-order valence-electron chi connectivity index (χ0n) is 16.9. The van der Waals surface area contributed by atoms with Crippen LogP contribution in [0.25, 0.3) is 0 Å². The van der Waals surface area contributed by atoms with Crippen LogP contribution in [0.2, 0.25) is 0 Å². The Labute approximate surface area is 178 Å². The van der Waals surface area contributed by atoms with Gasteiger partial charge >= 0.3 is 6.18 Å². The smallest absolute Gasteiger partial charge is 0.401 e. The van der Waals surface area contributed by atoms with Gasteiger partial charge in [-0.25, -0.2) is 9.38 Å². The van der Waals surface area contributed by atoms with Gasteiger partial charge < -0.3 is 9.64 Å². The van der Waals surface area contributed by atoms with Crippen LogP contribution in [0, 0.1) is 5.82 Å². The van der Waals surface area contributed by atoms with E-state index in [1.165, 1.54) is 22.6 Å². The predicted octanol–water partition coefficient (Wildman–Crippen LogP) is 4.17. The highest BCUT2D eigenvalue weighted by Crippen LogP contribution is 2.39. The second-order valence-corrected chi connectivity index (χ2v) is 8.56. The zero-order chi connectivity index (χ0) is 21.6. The van der Waals surface area contributed by atoms with Crippen molar-refractivity contribution in [1.29, 1.82) is 0 Å². The number of alkyl halides is 3. The SMILES string of the molecule is Fc1ccc([C@H]2c3ccccc3CCN2C2=NC[C@@]3(CCN(CC(F)(F)F)C3)O2)cc1. The Hall–Kier alpha value is -2.61. The molecule has 1 saturated heterocycles. The molecule has 0 aromatic heterocycles. The van der Waals surface area contributed by atoms with Crippen molar-refractivity contribution in [2.24, 2.45) is 4.99 Å². The second-order valence-electron chi connectivity index (χ2n) is 8.56. The zero-order valence-corrected chi connectivity index (χ0v) is 16.9. The van der Waals surface area contributed by atoms with E-state index in [0.717, 1.165) is 17.5 Å². The average molecular weight is 433 g/mol. The molecule has 4 nitrogen and oxygen atoms in total. The normalized spacial score (nSPS) is 26.1. The third kappa shape index (κ3) is 4.01. The molecule has 0 unspecified atom stereocenters. The molecule has 3 aliphatic rings. The van der Waals surface area contributed by atoms with E-state index in [-0.39, 0.29) is 18.4 Å². The largest absolute Gasteiger partial charge is 0.455 e.